The van der Waals surface area contributed by atoms with Crippen LogP contribution >= 0.6 is 0 Å². The summed E-state index contributed by atoms with van der Waals surface area (Å²) in [7, 11) is 0. The highest BCUT2D eigenvalue weighted by Crippen LogP contribution is 2.43. The van der Waals surface area contributed by atoms with Crippen molar-refractivity contribution in [2.75, 3.05) is 66.1 Å². The molecule has 0 aromatic rings. The SMILES string of the molecule is CC(=O)N[C@@H]1[C@H](O[C@@H]2[C@@H](O[C@@H]3[C@H](O)[C@H](O[C@H]4[C@H](O)[C@@H](NC(C)=O)[C@H](O[C@H]5[C@H](O)[C@@H](NC(C)=O)[C@H](O)O[C@@H]5CO[C@@H]5O[C@@H](C)[C@@H](O)[C@@H](O)[C@@H]5O)O[C@@H]4CO)O[C@H](CO[C@H]4O[C@H](CO)[C@@H](O)[C@H](O)[C@@H]4O[C@@H]4O[C@H](CO)[C@@H](O[C@@H]5O[C@H](CO)[C@H](O)[C@H](O)[C@H]5O)[C@H](O)[C@H]4NC(C)=O)[C@H]3O)O[C@H](CO)[C@@H](O)[C@@H]2O)O[C@H](CO)[C@@H](O[C@@H]2O[C@H](CO[C@]3(C(=O)O)C[C@H](O)[C@@H](NC(C)=O)[C@H]([C@H](O)[C@H](O)CO)O3)[C@H](O)[C@H](O)[C@H]2O)[C@@H]1O. The van der Waals surface area contributed by atoms with Gasteiger partial charge in [0.2, 0.25) is 29.5 Å². The highest BCUT2D eigenvalue weighted by atomic mass is 16.8. The smallest absolute Gasteiger partial charge is 0.364 e. The Kier molecular flexibility index (Phi) is 41.7. The van der Waals surface area contributed by atoms with Crippen LogP contribution in [-0.4, -0.2) is 603 Å². The van der Waals surface area contributed by atoms with Crippen molar-refractivity contribution >= 4 is 35.5 Å². The Hall–Kier alpha value is -5.22. The Morgan fingerprint density at radius 3 is 1.05 bits per heavy atom. The molecule has 0 aliphatic carbocycles. The summed E-state index contributed by atoms with van der Waals surface area (Å²) >= 11 is 0. The number of ether oxygens (including phenoxy) is 21. The Bertz CT molecular complexity index is 4010. The molecule has 0 saturated carbocycles. The summed E-state index contributed by atoms with van der Waals surface area (Å²) in [5.41, 5.74) is 0. The van der Waals surface area contributed by atoms with E-state index < -0.39 is 451 Å². The van der Waals surface area contributed by atoms with Gasteiger partial charge in [-0.15, -0.1) is 0 Å². The first-order valence-corrected chi connectivity index (χ1v) is 45.1. The molecule has 63 nitrogen and oxygen atoms in total. The lowest BCUT2D eigenvalue weighted by atomic mass is 9.88. The molecule has 0 aromatic carbocycles. The van der Waals surface area contributed by atoms with Gasteiger partial charge in [0.05, 0.1) is 84.3 Å². The van der Waals surface area contributed by atoms with Crippen LogP contribution < -0.4 is 26.6 Å². The van der Waals surface area contributed by atoms with Crippen molar-refractivity contribution in [2.24, 2.45) is 0 Å². The summed E-state index contributed by atoms with van der Waals surface area (Å²) in [6.07, 6.45) is -110. The topological polar surface area (TPSA) is 984 Å². The third-order valence-electron chi connectivity index (χ3n) is 25.9. The quantitative estimate of drug-likeness (QED) is 0.0273. The number of carbonyl (C=O) groups excluding carboxylic acids is 5. The lowest BCUT2D eigenvalue weighted by molar-refractivity contribution is -0.399. The van der Waals surface area contributed by atoms with Crippen molar-refractivity contribution in [1.29, 1.82) is 0 Å². The third kappa shape index (κ3) is 26.0. The van der Waals surface area contributed by atoms with Crippen molar-refractivity contribution < 1.29 is 287 Å². The van der Waals surface area contributed by atoms with E-state index in [0.29, 0.717) is 0 Å². The lowest BCUT2D eigenvalue weighted by Crippen LogP contribution is -2.71. The Balaban J connectivity index is 0.908. The molecule has 11 fully saturated rings. The van der Waals surface area contributed by atoms with E-state index in [2.05, 4.69) is 26.6 Å². The van der Waals surface area contributed by atoms with E-state index >= 15 is 0 Å². The number of carboxylic acids is 1. The number of hydrogen-bond donors (Lipinski definition) is 36. The zero-order valence-electron chi connectivity index (χ0n) is 76.4. The zero-order chi connectivity index (χ0) is 105. The van der Waals surface area contributed by atoms with Gasteiger partial charge in [-0.1, -0.05) is 0 Å². The van der Waals surface area contributed by atoms with Crippen molar-refractivity contribution in [3.8, 4) is 0 Å². The maximum atomic E-state index is 13.4. The minimum Gasteiger partial charge on any atom is -0.477 e. The molecular formula is C79H131N5O58. The first-order valence-electron chi connectivity index (χ1n) is 45.1. The van der Waals surface area contributed by atoms with Crippen molar-refractivity contribution in [3.63, 3.8) is 0 Å². The largest absolute Gasteiger partial charge is 0.477 e. The standard InChI is InChI=1S/C79H131N5O58/c1-18-40(99)51(110)56(115)72(125-18)122-16-34-63(47(106)36(68(119)126-34)81-20(3)93)135-69-37(82-21(4)94)48(107)62(31(14-91)130-69)138-75-59(118)65(46(105)32(133-75)15-123-76-66(54(113)43(102)27(10-87)128-76)140-70-38(83-22(5)95)49(108)60(29(12-89)131-70)136-73-57(116)52(111)42(101)26(9-86)127-73)139-77-67(55(114)44(103)28(11-88)129-77)141-71-39(84-23(6)96)50(109)61(30(13-90)132-71)137-74-58(117)53(112)45(104)33(134-74)17-124-79(78(120)121)7-24(97)35(80-19(2)92)64(142-79)41(100)25(98)8-85/h18,24-77,85-91,97-119H,7-17H2,1-6H3,(H,80,92)(H,81,93)(H,82,94)(H,83,95)(H,84,96)(H,120,121)/t18-,24-,25+,26+,27+,28+,29+,30+,31+,32+,33+,34+,35+,36+,37+,38+,39-,40+,41+,42-,43+,44+,45-,46+,47+,48+,49+,50+,51+,52-,53-,54-,55-,56-,57+,58+,59-,60+,61+,62+,63+,64+,65-,66-,67-,68+,69-,70-,71-,72+,73-,74-,75-,76-,77+,79+/m0/s1. The molecule has 0 aromatic heterocycles. The van der Waals surface area contributed by atoms with Gasteiger partial charge in [-0.25, -0.2) is 4.79 Å². The maximum Gasteiger partial charge on any atom is 0.364 e. The number of aliphatic hydroxyl groups is 30. The van der Waals surface area contributed by atoms with Crippen LogP contribution in [0.5, 0.6) is 0 Å². The predicted molar refractivity (Wildman–Crippen MR) is 436 cm³/mol. The summed E-state index contributed by atoms with van der Waals surface area (Å²) in [4.78, 5) is 77.5. The number of carbonyl (C=O) groups is 6. The average Bonchev–Trinajstić information content (AvgIpc) is 0.763. The number of rotatable bonds is 38. The monoisotopic (exact) mass is 2080 g/mol. The molecule has 0 bridgehead atoms. The van der Waals surface area contributed by atoms with Crippen LogP contribution in [0.15, 0.2) is 0 Å². The maximum absolute atomic E-state index is 13.4. The summed E-state index contributed by atoms with van der Waals surface area (Å²) in [5.74, 6) is -10.0. The highest BCUT2D eigenvalue weighted by molar-refractivity contribution is 5.77. The van der Waals surface area contributed by atoms with Crippen LogP contribution in [0.3, 0.4) is 0 Å². The molecule has 11 aliphatic heterocycles. The summed E-state index contributed by atoms with van der Waals surface area (Å²) in [6.45, 7) is -5.99. The lowest BCUT2D eigenvalue weighted by Gasteiger charge is -2.51. The summed E-state index contributed by atoms with van der Waals surface area (Å²) < 4.78 is 125. The first kappa shape index (κ1) is 117. The molecular weight excluding hydrogens is 1950 g/mol. The second kappa shape index (κ2) is 50.6. The van der Waals surface area contributed by atoms with Crippen molar-refractivity contribution in [2.45, 2.75) is 391 Å². The second-order valence-electron chi connectivity index (χ2n) is 36.0. The van der Waals surface area contributed by atoms with Crippen LogP contribution in [0.25, 0.3) is 0 Å². The molecule has 5 amide bonds. The molecule has 142 heavy (non-hydrogen) atoms. The van der Waals surface area contributed by atoms with E-state index in [-0.39, 0.29) is 0 Å². The minimum absolute atomic E-state index is 0.848. The molecule has 820 valence electrons. The van der Waals surface area contributed by atoms with Gasteiger partial charge in [-0.05, 0) is 6.92 Å². The molecule has 0 unspecified atom stereocenters. The Labute approximate surface area is 803 Å². The number of carboxylic acid groups (broad SMARTS) is 1. The van der Waals surface area contributed by atoms with E-state index in [0.717, 1.165) is 34.6 Å². The molecule has 56 atom stereocenters. The van der Waals surface area contributed by atoms with E-state index in [9.17, 15) is 187 Å². The highest BCUT2D eigenvalue weighted by Gasteiger charge is 2.64. The molecule has 11 aliphatic rings. The minimum atomic E-state index is -3.12. The van der Waals surface area contributed by atoms with E-state index in [1.807, 2.05) is 0 Å². The van der Waals surface area contributed by atoms with E-state index in [1.165, 1.54) is 6.92 Å². The number of nitrogens with one attached hydrogen (secondary N) is 5. The van der Waals surface area contributed by atoms with Gasteiger partial charge in [-0.3, -0.25) is 24.0 Å². The van der Waals surface area contributed by atoms with Gasteiger partial charge in [0.1, 0.15) is 256 Å². The molecule has 63 heteroatoms. The summed E-state index contributed by atoms with van der Waals surface area (Å²) in [6, 6.07) is -9.70. The molecule has 0 radical (unpaired) electrons. The van der Waals surface area contributed by atoms with Gasteiger partial charge < -0.3 is 284 Å². The average molecular weight is 2080 g/mol. The molecule has 36 N–H and O–H groups in total. The fourth-order valence-electron chi connectivity index (χ4n) is 18.3. The van der Waals surface area contributed by atoms with Crippen LogP contribution in [0, 0.1) is 0 Å². The second-order valence-corrected chi connectivity index (χ2v) is 36.0. The van der Waals surface area contributed by atoms with Crippen LogP contribution in [0.4, 0.5) is 0 Å². The Morgan fingerprint density at radius 1 is 0.303 bits per heavy atom. The number of aliphatic carboxylic acids is 1. The van der Waals surface area contributed by atoms with Crippen LogP contribution in [0.2, 0.25) is 0 Å². The van der Waals surface area contributed by atoms with Gasteiger partial charge >= 0.3 is 5.97 Å². The normalized spacial score (nSPS) is 48.0. The van der Waals surface area contributed by atoms with Gasteiger partial charge in [0.25, 0.3) is 5.79 Å². The fraction of sp³-hybridized carbons (Fsp3) is 0.924. The van der Waals surface area contributed by atoms with E-state index in [4.69, 9.17) is 99.5 Å². The first-order chi connectivity index (χ1) is 66.9. The van der Waals surface area contributed by atoms with Crippen LogP contribution in [-0.2, 0) is 128 Å². The van der Waals surface area contributed by atoms with Gasteiger partial charge in [-0.2, -0.15) is 0 Å². The predicted octanol–water partition coefficient (Wildman–Crippen LogP) is -24.0. The number of hydrogen-bond acceptors (Lipinski definition) is 57. The van der Waals surface area contributed by atoms with Gasteiger partial charge in [0.15, 0.2) is 62.9 Å². The fourth-order valence-corrected chi connectivity index (χ4v) is 18.3. The molecule has 11 rings (SSSR count). The third-order valence-corrected chi connectivity index (χ3v) is 25.9. The van der Waals surface area contributed by atoms with E-state index in [1.54, 1.807) is 0 Å². The van der Waals surface area contributed by atoms with Crippen molar-refractivity contribution in [1.82, 2.24) is 26.6 Å². The van der Waals surface area contributed by atoms with Gasteiger partial charge in [0, 0.05) is 41.0 Å². The molecule has 11 saturated heterocycles. The summed E-state index contributed by atoms with van der Waals surface area (Å²) in [5, 5.41) is 360. The number of aliphatic hydroxyl groups excluding tert-OH is 30. The number of amides is 5. The molecule has 11 heterocycles. The zero-order valence-corrected chi connectivity index (χ0v) is 76.4. The van der Waals surface area contributed by atoms with Crippen LogP contribution in [0.1, 0.15) is 48.0 Å². The van der Waals surface area contributed by atoms with Crippen molar-refractivity contribution in [3.05, 3.63) is 0 Å². The molecule has 0 spiro atoms. The Morgan fingerprint density at radius 2 is 0.620 bits per heavy atom.